The van der Waals surface area contributed by atoms with Gasteiger partial charge in [-0.3, -0.25) is 9.59 Å². The van der Waals surface area contributed by atoms with Gasteiger partial charge in [0.2, 0.25) is 5.91 Å². The summed E-state index contributed by atoms with van der Waals surface area (Å²) in [5, 5.41) is 13.3. The zero-order valence-electron chi connectivity index (χ0n) is 15.1. The van der Waals surface area contributed by atoms with E-state index in [2.05, 4.69) is 11.9 Å². The van der Waals surface area contributed by atoms with Crippen LogP contribution in [0.3, 0.4) is 0 Å². The van der Waals surface area contributed by atoms with Crippen LogP contribution in [0, 0.1) is 11.6 Å². The minimum atomic E-state index is -1.65. The Morgan fingerprint density at radius 1 is 1.07 bits per heavy atom. The first-order valence-corrected chi connectivity index (χ1v) is 8.84. The van der Waals surface area contributed by atoms with E-state index >= 15 is 0 Å². The van der Waals surface area contributed by atoms with Gasteiger partial charge in [0.15, 0.2) is 0 Å². The molecule has 146 valence electrons. The number of carbonyl (C=O) groups is 2. The van der Waals surface area contributed by atoms with Gasteiger partial charge in [0, 0.05) is 24.3 Å². The summed E-state index contributed by atoms with van der Waals surface area (Å²) in [7, 11) is 0. The van der Waals surface area contributed by atoms with E-state index in [0.29, 0.717) is 11.3 Å². The number of likely N-dealkylation sites (tertiary alicyclic amines) is 1. The van der Waals surface area contributed by atoms with Crippen molar-refractivity contribution in [3.63, 3.8) is 0 Å². The van der Waals surface area contributed by atoms with Crippen LogP contribution in [0.2, 0.25) is 0 Å². The van der Waals surface area contributed by atoms with Crippen LogP contribution in [0.15, 0.2) is 55.1 Å². The number of rotatable bonds is 4. The highest BCUT2D eigenvalue weighted by molar-refractivity contribution is 5.99. The molecule has 0 radical (unpaired) electrons. The fourth-order valence-corrected chi connectivity index (χ4v) is 3.34. The molecular weight excluding hydrogens is 366 g/mol. The number of amides is 2. The van der Waals surface area contributed by atoms with Gasteiger partial charge in [-0.2, -0.15) is 0 Å². The van der Waals surface area contributed by atoms with Gasteiger partial charge >= 0.3 is 0 Å². The Balaban J connectivity index is 1.68. The highest BCUT2D eigenvalue weighted by atomic mass is 19.1. The van der Waals surface area contributed by atoms with Gasteiger partial charge in [-0.1, -0.05) is 12.6 Å². The van der Waals surface area contributed by atoms with Gasteiger partial charge in [-0.25, -0.2) is 8.78 Å². The number of halogens is 2. The van der Waals surface area contributed by atoms with Gasteiger partial charge in [0.05, 0.1) is 11.2 Å². The van der Waals surface area contributed by atoms with E-state index in [0.717, 1.165) is 18.2 Å². The molecule has 28 heavy (non-hydrogen) atoms. The van der Waals surface area contributed by atoms with Crippen LogP contribution in [0.1, 0.15) is 28.8 Å². The first-order chi connectivity index (χ1) is 13.3. The second-order valence-electron chi connectivity index (χ2n) is 6.69. The van der Waals surface area contributed by atoms with Crippen molar-refractivity contribution < 1.29 is 23.5 Å². The van der Waals surface area contributed by atoms with E-state index in [-0.39, 0.29) is 43.3 Å². The lowest BCUT2D eigenvalue weighted by Gasteiger charge is -2.38. The third-order valence-electron chi connectivity index (χ3n) is 4.89. The van der Waals surface area contributed by atoms with Crippen molar-refractivity contribution in [1.29, 1.82) is 0 Å². The van der Waals surface area contributed by atoms with Crippen molar-refractivity contribution in [3.05, 3.63) is 77.9 Å². The Bertz CT molecular complexity index is 884. The Morgan fingerprint density at radius 3 is 2.18 bits per heavy atom. The summed E-state index contributed by atoms with van der Waals surface area (Å²) in [6.45, 7) is 3.70. The molecule has 1 aliphatic heterocycles. The van der Waals surface area contributed by atoms with Crippen LogP contribution >= 0.6 is 0 Å². The predicted octanol–water partition coefficient (Wildman–Crippen LogP) is 3.21. The van der Waals surface area contributed by atoms with Crippen molar-refractivity contribution in [2.75, 3.05) is 18.4 Å². The van der Waals surface area contributed by atoms with E-state index in [1.807, 2.05) is 0 Å². The molecule has 1 fully saturated rings. The third-order valence-corrected chi connectivity index (χ3v) is 4.89. The average Bonchev–Trinajstić information content (AvgIpc) is 2.68. The highest BCUT2D eigenvalue weighted by Gasteiger charge is 2.39. The molecule has 0 unspecified atom stereocenters. The van der Waals surface area contributed by atoms with Crippen LogP contribution in [0.25, 0.3) is 0 Å². The summed E-state index contributed by atoms with van der Waals surface area (Å²) in [5.74, 6) is -2.19. The summed E-state index contributed by atoms with van der Waals surface area (Å²) in [6.07, 6.45) is 1.21. The van der Waals surface area contributed by atoms with Crippen molar-refractivity contribution in [2.24, 2.45) is 0 Å². The monoisotopic (exact) mass is 386 g/mol. The maximum atomic E-state index is 14.0. The van der Waals surface area contributed by atoms with Gasteiger partial charge in [0.1, 0.15) is 11.6 Å². The van der Waals surface area contributed by atoms with Crippen LogP contribution in [-0.2, 0) is 10.4 Å². The molecule has 0 bridgehead atoms. The molecule has 0 saturated carbocycles. The number of piperidine rings is 1. The molecule has 2 N–H and O–H groups in total. The molecule has 1 heterocycles. The van der Waals surface area contributed by atoms with Crippen molar-refractivity contribution in [2.45, 2.75) is 18.4 Å². The van der Waals surface area contributed by atoms with Crippen LogP contribution in [-0.4, -0.2) is 34.9 Å². The lowest BCUT2D eigenvalue weighted by Crippen LogP contribution is -2.46. The smallest absolute Gasteiger partial charge is 0.253 e. The number of nitrogens with zero attached hydrogens (tertiary/aromatic N) is 1. The fourth-order valence-electron chi connectivity index (χ4n) is 3.34. The average molecular weight is 386 g/mol. The Morgan fingerprint density at radius 2 is 1.64 bits per heavy atom. The summed E-state index contributed by atoms with van der Waals surface area (Å²) in [4.78, 5) is 25.5. The quantitative estimate of drug-likeness (QED) is 0.793. The summed E-state index contributed by atoms with van der Waals surface area (Å²) in [6, 6.07) is 9.84. The van der Waals surface area contributed by atoms with E-state index in [1.165, 1.54) is 11.0 Å². The maximum absolute atomic E-state index is 14.0. The molecule has 0 aliphatic carbocycles. The largest absolute Gasteiger partial charge is 0.385 e. The van der Waals surface area contributed by atoms with Crippen LogP contribution < -0.4 is 5.32 Å². The number of hydrogen-bond acceptors (Lipinski definition) is 3. The number of nitrogens with one attached hydrogen (secondary N) is 1. The summed E-state index contributed by atoms with van der Waals surface area (Å²) < 4.78 is 28.1. The fraction of sp³-hybridized carbons (Fsp3) is 0.238. The second kappa shape index (κ2) is 7.90. The Labute approximate surface area is 161 Å². The number of benzene rings is 2. The number of aliphatic hydroxyl groups is 1. The zero-order valence-corrected chi connectivity index (χ0v) is 15.1. The van der Waals surface area contributed by atoms with Crippen molar-refractivity contribution >= 4 is 17.5 Å². The number of anilines is 1. The maximum Gasteiger partial charge on any atom is 0.253 e. The van der Waals surface area contributed by atoms with Gasteiger partial charge in [-0.15, -0.1) is 0 Å². The summed E-state index contributed by atoms with van der Waals surface area (Å²) in [5.41, 5.74) is -1.04. The molecule has 2 aromatic carbocycles. The standard InChI is InChI=1S/C21H20F2N2O3/c1-2-18(26)24-15-8-6-14(7-9-15)20(27)25-12-10-21(28,11-13-25)19-16(22)4-3-5-17(19)23/h2-9,28H,1,10-13H2,(H,24,26). The molecule has 1 aliphatic rings. The summed E-state index contributed by atoms with van der Waals surface area (Å²) >= 11 is 0. The van der Waals surface area contributed by atoms with E-state index in [4.69, 9.17) is 0 Å². The minimum absolute atomic E-state index is 0.0318. The lowest BCUT2D eigenvalue weighted by atomic mass is 9.83. The number of hydrogen-bond donors (Lipinski definition) is 2. The highest BCUT2D eigenvalue weighted by Crippen LogP contribution is 2.36. The van der Waals surface area contributed by atoms with E-state index in [9.17, 15) is 23.5 Å². The van der Waals surface area contributed by atoms with Gasteiger partial charge in [-0.05, 0) is 55.3 Å². The molecular formula is C21H20F2N2O3. The molecule has 2 aromatic rings. The molecule has 0 atom stereocenters. The lowest BCUT2D eigenvalue weighted by molar-refractivity contribution is -0.111. The first-order valence-electron chi connectivity index (χ1n) is 8.84. The predicted molar refractivity (Wildman–Crippen MR) is 101 cm³/mol. The first kappa shape index (κ1) is 19.7. The van der Waals surface area contributed by atoms with Crippen molar-refractivity contribution in [3.8, 4) is 0 Å². The van der Waals surface area contributed by atoms with Gasteiger partial charge < -0.3 is 15.3 Å². The van der Waals surface area contributed by atoms with E-state index in [1.54, 1.807) is 24.3 Å². The molecule has 1 saturated heterocycles. The third kappa shape index (κ3) is 3.94. The minimum Gasteiger partial charge on any atom is -0.385 e. The molecule has 3 rings (SSSR count). The van der Waals surface area contributed by atoms with Crippen LogP contribution in [0.5, 0.6) is 0 Å². The Hall–Kier alpha value is -3.06. The normalized spacial score (nSPS) is 15.8. The van der Waals surface area contributed by atoms with Crippen LogP contribution in [0.4, 0.5) is 14.5 Å². The molecule has 5 nitrogen and oxygen atoms in total. The zero-order chi connectivity index (χ0) is 20.3. The molecule has 7 heteroatoms. The van der Waals surface area contributed by atoms with Gasteiger partial charge in [0.25, 0.3) is 5.91 Å². The second-order valence-corrected chi connectivity index (χ2v) is 6.69. The Kier molecular flexibility index (Phi) is 5.56. The molecule has 0 aromatic heterocycles. The topological polar surface area (TPSA) is 69.6 Å². The van der Waals surface area contributed by atoms with Crippen molar-refractivity contribution in [1.82, 2.24) is 4.90 Å². The number of carbonyl (C=O) groups excluding carboxylic acids is 2. The van der Waals surface area contributed by atoms with E-state index < -0.39 is 17.2 Å². The SMILES string of the molecule is C=CC(=O)Nc1ccc(C(=O)N2CCC(O)(c3c(F)cccc3F)CC2)cc1. The molecule has 2 amide bonds. The molecule has 0 spiro atoms.